The summed E-state index contributed by atoms with van der Waals surface area (Å²) in [6.07, 6.45) is -3.67. The monoisotopic (exact) mass is 235 g/mol. The molecule has 7 heteroatoms. The molecule has 0 aliphatic rings. The van der Waals surface area contributed by atoms with Gasteiger partial charge in [0.25, 0.3) is 0 Å². The zero-order valence-corrected chi connectivity index (χ0v) is 8.71. The molecule has 4 nitrogen and oxygen atoms in total. The van der Waals surface area contributed by atoms with Crippen LogP contribution >= 0.6 is 0 Å². The summed E-state index contributed by atoms with van der Waals surface area (Å²) in [5, 5.41) is 2.48. The lowest BCUT2D eigenvalue weighted by molar-refractivity contribution is -0.131. The van der Waals surface area contributed by atoms with Gasteiger partial charge in [0.2, 0.25) is 11.8 Å². The minimum Gasteiger partial charge on any atom is -0.478 e. The maximum Gasteiger partial charge on any atom is 0.390 e. The van der Waals surface area contributed by atoms with Gasteiger partial charge in [0.1, 0.15) is 0 Å². The summed E-state index contributed by atoms with van der Waals surface area (Å²) in [6.45, 7) is 1.98. The van der Waals surface area contributed by atoms with Gasteiger partial charge in [-0.15, -0.1) is 0 Å². The number of hydrogen-bond donors (Lipinski definition) is 1. The fourth-order valence-electron chi connectivity index (χ4n) is 0.972. The molecule has 0 atom stereocenters. The molecule has 0 saturated carbocycles. The van der Waals surface area contributed by atoms with Crippen molar-refractivity contribution in [2.45, 2.75) is 19.5 Å². The van der Waals surface area contributed by atoms with E-state index < -0.39 is 12.6 Å². The van der Waals surface area contributed by atoms with Gasteiger partial charge in [0.05, 0.1) is 13.0 Å². The molecule has 0 bridgehead atoms. The standard InChI is InChI=1S/C9H12F3N3O/c1-2-16-7-3-5-13-8(15-7)14-6-4-9(10,11)12/h3,5H,2,4,6H2,1H3,(H,13,14,15). The SMILES string of the molecule is CCOc1ccnc(NCCC(F)(F)F)n1. The lowest BCUT2D eigenvalue weighted by atomic mass is 10.4. The number of anilines is 1. The Kier molecular flexibility index (Phi) is 4.33. The Hall–Kier alpha value is -1.53. The van der Waals surface area contributed by atoms with Crippen LogP contribution in [0, 0.1) is 0 Å². The van der Waals surface area contributed by atoms with E-state index in [2.05, 4.69) is 15.3 Å². The van der Waals surface area contributed by atoms with Crippen LogP contribution < -0.4 is 10.1 Å². The number of ether oxygens (including phenoxy) is 1. The molecule has 0 spiro atoms. The Morgan fingerprint density at radius 3 is 2.81 bits per heavy atom. The molecule has 0 fully saturated rings. The molecule has 0 aromatic carbocycles. The summed E-state index contributed by atoms with van der Waals surface area (Å²) in [5.41, 5.74) is 0. The highest BCUT2D eigenvalue weighted by molar-refractivity contribution is 5.27. The third kappa shape index (κ3) is 4.81. The molecule has 0 radical (unpaired) electrons. The number of hydrogen-bond acceptors (Lipinski definition) is 4. The molecule has 1 rings (SSSR count). The van der Waals surface area contributed by atoms with Crippen LogP contribution in [0.25, 0.3) is 0 Å². The van der Waals surface area contributed by atoms with E-state index in [1.807, 2.05) is 0 Å². The van der Waals surface area contributed by atoms with E-state index in [9.17, 15) is 13.2 Å². The molecule has 16 heavy (non-hydrogen) atoms. The van der Waals surface area contributed by atoms with Gasteiger partial charge in [-0.25, -0.2) is 4.98 Å². The van der Waals surface area contributed by atoms with Gasteiger partial charge >= 0.3 is 6.18 Å². The average molecular weight is 235 g/mol. The second-order valence-electron chi connectivity index (χ2n) is 2.94. The number of halogens is 3. The smallest absolute Gasteiger partial charge is 0.390 e. The first-order valence-electron chi connectivity index (χ1n) is 4.77. The van der Waals surface area contributed by atoms with Gasteiger partial charge in [0.15, 0.2) is 0 Å². The lowest BCUT2D eigenvalue weighted by Crippen LogP contribution is -2.15. The van der Waals surface area contributed by atoms with E-state index in [-0.39, 0.29) is 12.5 Å². The van der Waals surface area contributed by atoms with Crippen molar-refractivity contribution in [1.29, 1.82) is 0 Å². The van der Waals surface area contributed by atoms with E-state index in [1.165, 1.54) is 6.20 Å². The van der Waals surface area contributed by atoms with Crippen molar-refractivity contribution in [3.63, 3.8) is 0 Å². The first-order valence-corrected chi connectivity index (χ1v) is 4.77. The van der Waals surface area contributed by atoms with Crippen molar-refractivity contribution >= 4 is 5.95 Å². The molecule has 90 valence electrons. The van der Waals surface area contributed by atoms with E-state index in [4.69, 9.17) is 4.74 Å². The first-order chi connectivity index (χ1) is 7.51. The van der Waals surface area contributed by atoms with Crippen LogP contribution in [-0.2, 0) is 0 Å². The van der Waals surface area contributed by atoms with Crippen molar-refractivity contribution in [3.8, 4) is 5.88 Å². The molecule has 0 unspecified atom stereocenters. The number of aromatic nitrogens is 2. The van der Waals surface area contributed by atoms with Crippen molar-refractivity contribution < 1.29 is 17.9 Å². The molecule has 0 aliphatic heterocycles. The van der Waals surface area contributed by atoms with Crippen LogP contribution in [0.3, 0.4) is 0 Å². The molecular formula is C9H12F3N3O. The van der Waals surface area contributed by atoms with Crippen molar-refractivity contribution in [2.75, 3.05) is 18.5 Å². The first kappa shape index (κ1) is 12.5. The van der Waals surface area contributed by atoms with E-state index >= 15 is 0 Å². The Morgan fingerprint density at radius 1 is 1.44 bits per heavy atom. The Bertz CT molecular complexity index is 330. The summed E-state index contributed by atoms with van der Waals surface area (Å²) < 4.78 is 40.6. The third-order valence-corrected chi connectivity index (χ3v) is 1.61. The van der Waals surface area contributed by atoms with Gasteiger partial charge in [-0.3, -0.25) is 0 Å². The van der Waals surface area contributed by atoms with Gasteiger partial charge in [0, 0.05) is 18.8 Å². The number of rotatable bonds is 5. The fourth-order valence-corrected chi connectivity index (χ4v) is 0.972. The molecule has 0 amide bonds. The van der Waals surface area contributed by atoms with Crippen LogP contribution in [-0.4, -0.2) is 29.3 Å². The maximum absolute atomic E-state index is 11.9. The van der Waals surface area contributed by atoms with E-state index in [0.29, 0.717) is 12.5 Å². The van der Waals surface area contributed by atoms with Crippen LogP contribution in [0.15, 0.2) is 12.3 Å². The highest BCUT2D eigenvalue weighted by Gasteiger charge is 2.26. The minimum absolute atomic E-state index is 0.134. The second kappa shape index (κ2) is 5.53. The summed E-state index contributed by atoms with van der Waals surface area (Å²) >= 11 is 0. The topological polar surface area (TPSA) is 47.0 Å². The zero-order valence-electron chi connectivity index (χ0n) is 8.71. The maximum atomic E-state index is 11.9. The molecule has 1 N–H and O–H groups in total. The zero-order chi connectivity index (χ0) is 12.0. The minimum atomic E-state index is -4.18. The normalized spacial score (nSPS) is 11.2. The van der Waals surface area contributed by atoms with Crippen LogP contribution in [0.2, 0.25) is 0 Å². The highest BCUT2D eigenvalue weighted by atomic mass is 19.4. The number of nitrogens with zero attached hydrogens (tertiary/aromatic N) is 2. The Balaban J connectivity index is 2.44. The largest absolute Gasteiger partial charge is 0.478 e. The van der Waals surface area contributed by atoms with Gasteiger partial charge in [-0.05, 0) is 6.92 Å². The molecule has 1 aromatic rings. The van der Waals surface area contributed by atoms with Crippen molar-refractivity contribution in [3.05, 3.63) is 12.3 Å². The quantitative estimate of drug-likeness (QED) is 0.850. The molecule has 1 heterocycles. The number of nitrogens with one attached hydrogen (secondary N) is 1. The van der Waals surface area contributed by atoms with Crippen molar-refractivity contribution in [2.24, 2.45) is 0 Å². The van der Waals surface area contributed by atoms with E-state index in [0.717, 1.165) is 0 Å². The summed E-state index contributed by atoms with van der Waals surface area (Å²) in [4.78, 5) is 7.64. The van der Waals surface area contributed by atoms with Gasteiger partial charge in [-0.2, -0.15) is 18.2 Å². The molecule has 0 aliphatic carbocycles. The lowest BCUT2D eigenvalue weighted by Gasteiger charge is -2.08. The number of alkyl halides is 3. The molecule has 0 saturated heterocycles. The summed E-state index contributed by atoms with van der Waals surface area (Å²) in [6, 6.07) is 1.54. The predicted molar refractivity (Wildman–Crippen MR) is 52.4 cm³/mol. The van der Waals surface area contributed by atoms with Crippen LogP contribution in [0.5, 0.6) is 5.88 Å². The Labute approximate surface area is 90.9 Å². The molecular weight excluding hydrogens is 223 g/mol. The van der Waals surface area contributed by atoms with Gasteiger partial charge < -0.3 is 10.1 Å². The van der Waals surface area contributed by atoms with Crippen LogP contribution in [0.4, 0.5) is 19.1 Å². The third-order valence-electron chi connectivity index (χ3n) is 1.61. The average Bonchev–Trinajstić information content (AvgIpc) is 2.17. The Morgan fingerprint density at radius 2 is 2.19 bits per heavy atom. The van der Waals surface area contributed by atoms with E-state index in [1.54, 1.807) is 13.0 Å². The summed E-state index contributed by atoms with van der Waals surface area (Å²) in [7, 11) is 0. The predicted octanol–water partition coefficient (Wildman–Crippen LogP) is 2.24. The van der Waals surface area contributed by atoms with Gasteiger partial charge in [-0.1, -0.05) is 0 Å². The second-order valence-corrected chi connectivity index (χ2v) is 2.94. The summed E-state index contributed by atoms with van der Waals surface area (Å²) in [5.74, 6) is 0.474. The van der Waals surface area contributed by atoms with Crippen molar-refractivity contribution in [1.82, 2.24) is 9.97 Å². The fraction of sp³-hybridized carbons (Fsp3) is 0.556. The highest BCUT2D eigenvalue weighted by Crippen LogP contribution is 2.19. The van der Waals surface area contributed by atoms with Crippen LogP contribution in [0.1, 0.15) is 13.3 Å². The molecule has 1 aromatic heterocycles.